The molecule has 1 amide bonds. The van der Waals surface area contributed by atoms with Crippen LogP contribution in [0.4, 0.5) is 18.9 Å². The number of carboxylic acid groups (broad SMARTS) is 1. The number of halogens is 4. The molecule has 0 saturated heterocycles. The summed E-state index contributed by atoms with van der Waals surface area (Å²) in [4.78, 5) is 39.8. The summed E-state index contributed by atoms with van der Waals surface area (Å²) in [6.07, 6.45) is -3.20. The molecule has 0 aliphatic carbocycles. The highest BCUT2D eigenvalue weighted by Crippen LogP contribution is 2.32. The van der Waals surface area contributed by atoms with Crippen molar-refractivity contribution in [3.05, 3.63) is 99.7 Å². The molecule has 4 aromatic rings. The highest BCUT2D eigenvalue weighted by Gasteiger charge is 2.31. The predicted octanol–water partition coefficient (Wildman–Crippen LogP) is 6.80. The van der Waals surface area contributed by atoms with Gasteiger partial charge >= 0.3 is 12.1 Å². The number of H-pyrrole nitrogens is 1. The molecule has 262 valence electrons. The van der Waals surface area contributed by atoms with Gasteiger partial charge in [0.05, 0.1) is 69.6 Å². The molecule has 49 heavy (non-hydrogen) atoms. The largest absolute Gasteiger partial charge is 0.481 e. The highest BCUT2D eigenvalue weighted by molar-refractivity contribution is 6.31. The van der Waals surface area contributed by atoms with Crippen molar-refractivity contribution in [1.29, 1.82) is 0 Å². The number of anilines is 1. The number of nitrogens with one attached hydrogen (secondary N) is 2. The van der Waals surface area contributed by atoms with E-state index in [0.29, 0.717) is 70.0 Å². The molecular formula is C35H36ClF3N2O8. The first-order valence-electron chi connectivity index (χ1n) is 15.5. The molecule has 3 N–H and O–H groups in total. The van der Waals surface area contributed by atoms with Gasteiger partial charge in [0.25, 0.3) is 5.91 Å². The van der Waals surface area contributed by atoms with Crippen molar-refractivity contribution in [2.24, 2.45) is 0 Å². The maximum absolute atomic E-state index is 13.5. The van der Waals surface area contributed by atoms with Crippen molar-refractivity contribution in [3.63, 3.8) is 0 Å². The predicted molar refractivity (Wildman–Crippen MR) is 176 cm³/mol. The lowest BCUT2D eigenvalue weighted by Gasteiger charge is -2.12. The van der Waals surface area contributed by atoms with Crippen LogP contribution in [0.2, 0.25) is 5.02 Å². The first kappa shape index (κ1) is 37.5. The summed E-state index contributed by atoms with van der Waals surface area (Å²) >= 11 is 6.17. The van der Waals surface area contributed by atoms with Gasteiger partial charge in [-0.05, 0) is 66.9 Å². The number of rotatable bonds is 20. The van der Waals surface area contributed by atoms with Gasteiger partial charge in [-0.1, -0.05) is 29.8 Å². The van der Waals surface area contributed by atoms with E-state index in [9.17, 15) is 27.6 Å². The molecule has 0 radical (unpaired) electrons. The van der Waals surface area contributed by atoms with Crippen molar-refractivity contribution >= 4 is 45.9 Å². The Balaban J connectivity index is 1.21. The molecule has 4 rings (SSSR count). The molecule has 0 saturated carbocycles. The van der Waals surface area contributed by atoms with E-state index in [0.717, 1.165) is 17.7 Å². The van der Waals surface area contributed by atoms with Gasteiger partial charge in [0.2, 0.25) is 5.78 Å². The van der Waals surface area contributed by atoms with Crippen molar-refractivity contribution in [2.45, 2.75) is 25.4 Å². The Hall–Kier alpha value is -4.27. The van der Waals surface area contributed by atoms with Crippen LogP contribution in [0, 0.1) is 0 Å². The minimum absolute atomic E-state index is 0.0382. The van der Waals surface area contributed by atoms with Crippen LogP contribution in [0.1, 0.15) is 50.4 Å². The number of aliphatic carboxylic acids is 1. The number of aryl methyl sites for hydroxylation is 1. The van der Waals surface area contributed by atoms with Crippen LogP contribution in [-0.4, -0.2) is 80.6 Å². The lowest BCUT2D eigenvalue weighted by molar-refractivity contribution is -0.138. The molecule has 0 aliphatic heterocycles. The fourth-order valence-electron chi connectivity index (χ4n) is 4.75. The molecule has 10 nitrogen and oxygen atoms in total. The Kier molecular flexibility index (Phi) is 14.2. The number of amides is 1. The quantitative estimate of drug-likeness (QED) is 0.0676. The Morgan fingerprint density at radius 2 is 1.47 bits per heavy atom. The Labute approximate surface area is 285 Å². The number of hydrogen-bond donors (Lipinski definition) is 3. The smallest absolute Gasteiger partial charge is 0.416 e. The standard InChI is InChI=1S/C35H36ClF3N2O8/c36-27-8-9-29(28(22-27)33(44)31-20-24-6-7-26(35(37,38)39)21-30(24)40-31)41-34(45)25-5-1-3-23(19-25)4-2-11-46-13-15-48-17-18-49-16-14-47-12-10-32(42)43/h1,3,5-9,19-22,40H,2,4,10-18H2,(H,41,45)(H,42,43). The van der Waals surface area contributed by atoms with Crippen molar-refractivity contribution in [1.82, 2.24) is 4.98 Å². The van der Waals surface area contributed by atoms with Gasteiger partial charge in [-0.25, -0.2) is 0 Å². The van der Waals surface area contributed by atoms with E-state index in [1.165, 1.54) is 30.3 Å². The lowest BCUT2D eigenvalue weighted by Crippen LogP contribution is -2.15. The minimum Gasteiger partial charge on any atom is -0.481 e. The van der Waals surface area contributed by atoms with E-state index in [1.807, 2.05) is 6.07 Å². The number of benzene rings is 3. The topological polar surface area (TPSA) is 136 Å². The maximum atomic E-state index is 13.5. The summed E-state index contributed by atoms with van der Waals surface area (Å²) in [6, 6.07) is 16.1. The number of carboxylic acids is 1. The first-order chi connectivity index (χ1) is 23.5. The second-order valence-corrected chi connectivity index (χ2v) is 11.3. The van der Waals surface area contributed by atoms with E-state index < -0.39 is 29.4 Å². The van der Waals surface area contributed by atoms with E-state index in [1.54, 1.807) is 18.2 Å². The average Bonchev–Trinajstić information content (AvgIpc) is 3.50. The number of fused-ring (bicyclic) bond motifs is 1. The van der Waals surface area contributed by atoms with Gasteiger partial charge < -0.3 is 34.4 Å². The second-order valence-electron chi connectivity index (χ2n) is 10.9. The third-order valence-corrected chi connectivity index (χ3v) is 7.42. The molecule has 1 heterocycles. The fourth-order valence-corrected chi connectivity index (χ4v) is 4.92. The third kappa shape index (κ3) is 12.0. The first-order valence-corrected chi connectivity index (χ1v) is 15.9. The molecule has 0 spiro atoms. The van der Waals surface area contributed by atoms with E-state index in [4.69, 9.17) is 35.7 Å². The van der Waals surface area contributed by atoms with Crippen LogP contribution in [0.5, 0.6) is 0 Å². The zero-order chi connectivity index (χ0) is 35.2. The minimum atomic E-state index is -4.53. The van der Waals surface area contributed by atoms with Gasteiger partial charge in [-0.3, -0.25) is 14.4 Å². The van der Waals surface area contributed by atoms with E-state index in [2.05, 4.69) is 10.3 Å². The zero-order valence-corrected chi connectivity index (χ0v) is 27.2. The summed E-state index contributed by atoms with van der Waals surface area (Å²) < 4.78 is 61.0. The summed E-state index contributed by atoms with van der Waals surface area (Å²) in [5, 5.41) is 12.0. The van der Waals surface area contributed by atoms with Crippen LogP contribution in [0.15, 0.2) is 66.7 Å². The number of hydrogen-bond acceptors (Lipinski definition) is 7. The van der Waals surface area contributed by atoms with Crippen molar-refractivity contribution in [2.75, 3.05) is 58.2 Å². The van der Waals surface area contributed by atoms with Crippen LogP contribution in [-0.2, 0) is 36.3 Å². The molecule has 1 aromatic heterocycles. The van der Waals surface area contributed by atoms with Crippen LogP contribution >= 0.6 is 11.6 Å². The van der Waals surface area contributed by atoms with Gasteiger partial charge in [0, 0.05) is 33.7 Å². The second kappa shape index (κ2) is 18.5. The van der Waals surface area contributed by atoms with Gasteiger partial charge in [-0.15, -0.1) is 0 Å². The normalized spacial score (nSPS) is 11.6. The monoisotopic (exact) mass is 704 g/mol. The van der Waals surface area contributed by atoms with Crippen LogP contribution in [0.25, 0.3) is 10.9 Å². The number of carbonyl (C=O) groups is 3. The molecule has 0 bridgehead atoms. The summed E-state index contributed by atoms with van der Waals surface area (Å²) in [5.74, 6) is -1.90. The summed E-state index contributed by atoms with van der Waals surface area (Å²) in [5.41, 5.74) is 0.924. The fraction of sp³-hybridized carbons (Fsp3) is 0.343. The van der Waals surface area contributed by atoms with Gasteiger partial charge in [0.1, 0.15) is 0 Å². The van der Waals surface area contributed by atoms with Crippen LogP contribution in [0.3, 0.4) is 0 Å². The molecule has 0 aliphatic rings. The van der Waals surface area contributed by atoms with Gasteiger partial charge in [-0.2, -0.15) is 13.2 Å². The Morgan fingerprint density at radius 3 is 2.14 bits per heavy atom. The van der Waals surface area contributed by atoms with Gasteiger partial charge in [0.15, 0.2) is 0 Å². The number of aromatic nitrogens is 1. The number of carbonyl (C=O) groups excluding carboxylic acids is 2. The number of alkyl halides is 3. The SMILES string of the molecule is O=C(O)CCOCCOCCOCCOCCCc1cccc(C(=O)Nc2ccc(Cl)cc2C(=O)c2cc3ccc(C(F)(F)F)cc3[nH]2)c1. The van der Waals surface area contributed by atoms with Crippen molar-refractivity contribution in [3.8, 4) is 0 Å². The maximum Gasteiger partial charge on any atom is 0.416 e. The molecular weight excluding hydrogens is 669 g/mol. The summed E-state index contributed by atoms with van der Waals surface area (Å²) in [7, 11) is 0. The Bertz CT molecular complexity index is 1730. The lowest BCUT2D eigenvalue weighted by atomic mass is 10.0. The highest BCUT2D eigenvalue weighted by atomic mass is 35.5. The number of ketones is 1. The number of ether oxygens (including phenoxy) is 4. The number of aromatic amines is 1. The Morgan fingerprint density at radius 1 is 0.796 bits per heavy atom. The zero-order valence-electron chi connectivity index (χ0n) is 26.4. The van der Waals surface area contributed by atoms with E-state index in [-0.39, 0.29) is 40.5 Å². The molecule has 14 heteroatoms. The molecule has 0 fully saturated rings. The van der Waals surface area contributed by atoms with Crippen LogP contribution < -0.4 is 5.32 Å². The average molecular weight is 705 g/mol. The molecule has 0 unspecified atom stereocenters. The van der Waals surface area contributed by atoms with Crippen molar-refractivity contribution < 1.29 is 51.6 Å². The molecule has 0 atom stereocenters. The molecule has 3 aromatic carbocycles. The summed E-state index contributed by atoms with van der Waals surface area (Å²) in [6.45, 7) is 2.93. The third-order valence-electron chi connectivity index (χ3n) is 7.19. The van der Waals surface area contributed by atoms with E-state index >= 15 is 0 Å².